The van der Waals surface area contributed by atoms with Gasteiger partial charge in [0, 0.05) is 0 Å². The van der Waals surface area contributed by atoms with Crippen molar-refractivity contribution in [3.63, 3.8) is 0 Å². The molecule has 146 valence electrons. The van der Waals surface area contributed by atoms with Crippen LogP contribution >= 0.6 is 0 Å². The van der Waals surface area contributed by atoms with Gasteiger partial charge in [-0.3, -0.25) is 4.79 Å². The van der Waals surface area contributed by atoms with Crippen molar-refractivity contribution in [3.05, 3.63) is 84.9 Å². The average molecular weight is 425 g/mol. The smallest absolute Gasteiger partial charge is 0.399 e. The van der Waals surface area contributed by atoms with E-state index in [0.29, 0.717) is 0 Å². The maximum atomic E-state index is 12.3. The minimum absolute atomic E-state index is 0. The van der Waals surface area contributed by atoms with E-state index in [9.17, 15) is 18.0 Å². The minimum Gasteiger partial charge on any atom is -1.00 e. The second-order valence-corrected chi connectivity index (χ2v) is 7.70. The molecule has 3 aromatic rings. The Morgan fingerprint density at radius 1 is 0.750 bits per heavy atom. The molecular formula is C21H16ClF3O2S. The van der Waals surface area contributed by atoms with E-state index in [1.54, 1.807) is 12.1 Å². The molecule has 0 aliphatic rings. The van der Waals surface area contributed by atoms with Gasteiger partial charge in [0.2, 0.25) is 0 Å². The lowest BCUT2D eigenvalue weighted by atomic mass is 10.3. The Bertz CT molecular complexity index is 846. The van der Waals surface area contributed by atoms with E-state index in [1.165, 1.54) is 12.1 Å². The quantitative estimate of drug-likeness (QED) is 0.357. The summed E-state index contributed by atoms with van der Waals surface area (Å²) in [5, 5.41) is 0. The summed E-state index contributed by atoms with van der Waals surface area (Å²) in [5.41, 5.74) is 0. The molecule has 0 aliphatic heterocycles. The Hall–Kier alpha value is -2.44. The average Bonchev–Trinajstić information content (AvgIpc) is 2.64. The summed E-state index contributed by atoms with van der Waals surface area (Å²) in [6.45, 7) is 0. The van der Waals surface area contributed by atoms with E-state index in [0.717, 1.165) is 14.7 Å². The van der Waals surface area contributed by atoms with Gasteiger partial charge in [-0.2, -0.15) is 13.2 Å². The topological polar surface area (TPSA) is 26.3 Å². The third-order valence-corrected chi connectivity index (χ3v) is 5.82. The predicted molar refractivity (Wildman–Crippen MR) is 97.8 cm³/mol. The van der Waals surface area contributed by atoms with Crippen LogP contribution in [-0.2, 0) is 15.7 Å². The van der Waals surface area contributed by atoms with Crippen LogP contribution in [0.2, 0.25) is 0 Å². The second-order valence-electron chi connectivity index (χ2n) is 5.67. The molecule has 0 radical (unpaired) electrons. The Morgan fingerprint density at radius 2 is 1.18 bits per heavy atom. The summed E-state index contributed by atoms with van der Waals surface area (Å²) in [4.78, 5) is 14.6. The van der Waals surface area contributed by atoms with Crippen molar-refractivity contribution >= 4 is 16.9 Å². The van der Waals surface area contributed by atoms with E-state index < -0.39 is 18.6 Å². The first-order chi connectivity index (χ1) is 12.9. The lowest BCUT2D eigenvalue weighted by molar-refractivity contribution is -0.164. The second kappa shape index (κ2) is 9.66. The van der Waals surface area contributed by atoms with Gasteiger partial charge in [0.25, 0.3) is 0 Å². The van der Waals surface area contributed by atoms with Gasteiger partial charge < -0.3 is 17.1 Å². The van der Waals surface area contributed by atoms with Crippen molar-refractivity contribution < 1.29 is 35.1 Å². The monoisotopic (exact) mass is 424 g/mol. The van der Waals surface area contributed by atoms with Crippen LogP contribution in [0.25, 0.3) is 0 Å². The van der Waals surface area contributed by atoms with Crippen molar-refractivity contribution in [2.24, 2.45) is 0 Å². The molecule has 0 unspecified atom stereocenters. The van der Waals surface area contributed by atoms with E-state index in [2.05, 4.69) is 0 Å². The fourth-order valence-corrected chi connectivity index (χ4v) is 4.58. The van der Waals surface area contributed by atoms with Gasteiger partial charge in [0.15, 0.2) is 14.7 Å². The first-order valence-corrected chi connectivity index (χ1v) is 9.37. The lowest BCUT2D eigenvalue weighted by Gasteiger charge is -2.09. The molecule has 3 rings (SSSR count). The fraction of sp³-hybridized carbons (Fsp3) is 0.0952. The molecule has 7 heteroatoms. The number of halogens is 4. The highest BCUT2D eigenvalue weighted by atomic mass is 35.5. The highest BCUT2D eigenvalue weighted by Gasteiger charge is 2.33. The normalized spacial score (nSPS) is 11.0. The SMILES string of the molecule is O=C(CC(F)(F)F)Oc1ccc([S+](c2ccccc2)c2ccccc2)cc1.[Cl-]. The van der Waals surface area contributed by atoms with Gasteiger partial charge in [-0.15, -0.1) is 0 Å². The van der Waals surface area contributed by atoms with Crippen molar-refractivity contribution in [1.82, 2.24) is 0 Å². The van der Waals surface area contributed by atoms with Crippen LogP contribution in [0.4, 0.5) is 13.2 Å². The highest BCUT2D eigenvalue weighted by molar-refractivity contribution is 7.97. The van der Waals surface area contributed by atoms with E-state index in [1.807, 2.05) is 60.7 Å². The molecule has 0 aromatic heterocycles. The molecule has 0 heterocycles. The Balaban J connectivity index is 0.00000280. The van der Waals surface area contributed by atoms with Gasteiger partial charge in [-0.25, -0.2) is 0 Å². The van der Waals surface area contributed by atoms with Gasteiger partial charge in [-0.1, -0.05) is 36.4 Å². The maximum absolute atomic E-state index is 12.3. The molecule has 0 saturated heterocycles. The zero-order chi connectivity index (χ0) is 19.3. The van der Waals surface area contributed by atoms with Crippen LogP contribution in [0.15, 0.2) is 99.6 Å². The fourth-order valence-electron chi connectivity index (χ4n) is 2.50. The third-order valence-electron chi connectivity index (χ3n) is 3.59. The molecular weight excluding hydrogens is 409 g/mol. The number of benzene rings is 3. The van der Waals surface area contributed by atoms with Crippen molar-refractivity contribution in [2.75, 3.05) is 0 Å². The molecule has 28 heavy (non-hydrogen) atoms. The zero-order valence-corrected chi connectivity index (χ0v) is 16.1. The highest BCUT2D eigenvalue weighted by Crippen LogP contribution is 2.32. The van der Waals surface area contributed by atoms with Crippen LogP contribution in [0.5, 0.6) is 5.75 Å². The van der Waals surface area contributed by atoms with Crippen LogP contribution < -0.4 is 17.1 Å². The number of esters is 1. The molecule has 0 aliphatic carbocycles. The van der Waals surface area contributed by atoms with E-state index in [-0.39, 0.29) is 29.1 Å². The van der Waals surface area contributed by atoms with Gasteiger partial charge in [0.1, 0.15) is 12.2 Å². The van der Waals surface area contributed by atoms with Crippen LogP contribution in [-0.4, -0.2) is 12.1 Å². The Morgan fingerprint density at radius 3 is 1.61 bits per heavy atom. The zero-order valence-electron chi connectivity index (χ0n) is 14.5. The summed E-state index contributed by atoms with van der Waals surface area (Å²) in [5.74, 6) is -1.22. The number of rotatable bonds is 5. The molecule has 0 spiro atoms. The molecule has 3 aromatic carbocycles. The summed E-state index contributed by atoms with van der Waals surface area (Å²) < 4.78 is 41.5. The summed E-state index contributed by atoms with van der Waals surface area (Å²) in [7, 11) is -0.372. The largest absolute Gasteiger partial charge is 1.00 e. The Kier molecular flexibility index (Phi) is 7.54. The molecule has 0 atom stereocenters. The molecule has 0 amide bonds. The summed E-state index contributed by atoms with van der Waals surface area (Å²) in [6.07, 6.45) is -6.18. The van der Waals surface area contributed by atoms with Crippen LogP contribution in [0.3, 0.4) is 0 Å². The molecule has 0 bridgehead atoms. The van der Waals surface area contributed by atoms with E-state index in [4.69, 9.17) is 4.74 Å². The number of alkyl halides is 3. The number of hydrogen-bond donors (Lipinski definition) is 0. The molecule has 2 nitrogen and oxygen atoms in total. The van der Waals surface area contributed by atoms with Crippen molar-refractivity contribution in [2.45, 2.75) is 27.3 Å². The Labute approximate surface area is 170 Å². The summed E-state index contributed by atoms with van der Waals surface area (Å²) in [6, 6.07) is 26.5. The maximum Gasteiger partial charge on any atom is 0.399 e. The predicted octanol–water partition coefficient (Wildman–Crippen LogP) is 2.64. The van der Waals surface area contributed by atoms with E-state index >= 15 is 0 Å². The van der Waals surface area contributed by atoms with Crippen molar-refractivity contribution in [3.8, 4) is 5.75 Å². The van der Waals surface area contributed by atoms with Gasteiger partial charge in [0.05, 0.1) is 10.9 Å². The van der Waals surface area contributed by atoms with Crippen LogP contribution in [0.1, 0.15) is 6.42 Å². The molecule has 0 saturated carbocycles. The first kappa shape index (κ1) is 21.9. The summed E-state index contributed by atoms with van der Waals surface area (Å²) >= 11 is 0. The number of carbonyl (C=O) groups excluding carboxylic acids is 1. The minimum atomic E-state index is -4.58. The third kappa shape index (κ3) is 6.04. The van der Waals surface area contributed by atoms with Gasteiger partial charge in [-0.05, 0) is 48.5 Å². The lowest BCUT2D eigenvalue weighted by Crippen LogP contribution is -3.00. The van der Waals surface area contributed by atoms with Crippen molar-refractivity contribution in [1.29, 1.82) is 0 Å². The number of ether oxygens (including phenoxy) is 1. The first-order valence-electron chi connectivity index (χ1n) is 8.14. The van der Waals surface area contributed by atoms with Crippen LogP contribution in [0, 0.1) is 0 Å². The van der Waals surface area contributed by atoms with Gasteiger partial charge >= 0.3 is 12.1 Å². The molecule has 0 fully saturated rings. The number of hydrogen-bond acceptors (Lipinski definition) is 2. The standard InChI is InChI=1S/C21H16F3O2S.ClH/c22-21(23,24)15-20(25)26-16-11-13-19(14-12-16)27(17-7-3-1-4-8-17)18-9-5-2-6-10-18;/h1-14H,15H2;1H/q+1;/p-1. The number of carbonyl (C=O) groups is 1. The molecule has 0 N–H and O–H groups in total.